The molecule has 2 aromatic rings. The zero-order valence-electron chi connectivity index (χ0n) is 8.26. The van der Waals surface area contributed by atoms with Gasteiger partial charge in [-0.05, 0) is 17.9 Å². The summed E-state index contributed by atoms with van der Waals surface area (Å²) in [7, 11) is 0. The molecule has 2 N–H and O–H groups in total. The van der Waals surface area contributed by atoms with E-state index in [1.165, 1.54) is 0 Å². The minimum Gasteiger partial charge on any atom is -0.336 e. The van der Waals surface area contributed by atoms with E-state index in [0.717, 1.165) is 29.1 Å². The molecule has 1 aliphatic heterocycles. The Morgan fingerprint density at radius 3 is 3.27 bits per heavy atom. The van der Waals surface area contributed by atoms with E-state index in [1.807, 2.05) is 17.6 Å². The van der Waals surface area contributed by atoms with Crippen LogP contribution >= 0.6 is 11.3 Å². The maximum absolute atomic E-state index is 5.66. The van der Waals surface area contributed by atoms with Crippen molar-refractivity contribution < 1.29 is 0 Å². The zero-order valence-corrected chi connectivity index (χ0v) is 9.07. The third-order valence-corrected chi connectivity index (χ3v) is 3.70. The Morgan fingerprint density at radius 2 is 2.53 bits per heavy atom. The van der Waals surface area contributed by atoms with Gasteiger partial charge in [0.25, 0.3) is 0 Å². The van der Waals surface area contributed by atoms with Crippen molar-refractivity contribution >= 4 is 27.5 Å². The molecule has 4 nitrogen and oxygen atoms in total. The minimum atomic E-state index is 0.432. The second-order valence-corrected chi connectivity index (χ2v) is 4.66. The van der Waals surface area contributed by atoms with Gasteiger partial charge in [0.15, 0.2) is 0 Å². The van der Waals surface area contributed by atoms with Crippen molar-refractivity contribution in [2.75, 3.05) is 18.0 Å². The second kappa shape index (κ2) is 3.43. The average Bonchev–Trinajstić information content (AvgIpc) is 2.64. The molecule has 15 heavy (non-hydrogen) atoms. The number of fused-ring (bicyclic) bond motifs is 1. The van der Waals surface area contributed by atoms with E-state index in [4.69, 9.17) is 5.73 Å². The molecular formula is C10H12N4S. The van der Waals surface area contributed by atoms with E-state index >= 15 is 0 Å². The largest absolute Gasteiger partial charge is 0.336 e. The van der Waals surface area contributed by atoms with Crippen molar-refractivity contribution in [1.29, 1.82) is 0 Å². The van der Waals surface area contributed by atoms with Crippen molar-refractivity contribution in [1.82, 2.24) is 9.97 Å². The van der Waals surface area contributed by atoms with Crippen molar-refractivity contribution in [2.24, 2.45) is 5.73 Å². The number of anilines is 1. The van der Waals surface area contributed by atoms with Gasteiger partial charge >= 0.3 is 0 Å². The van der Waals surface area contributed by atoms with Gasteiger partial charge < -0.3 is 10.6 Å². The molecule has 1 unspecified atom stereocenters. The van der Waals surface area contributed by atoms with Crippen LogP contribution < -0.4 is 10.6 Å². The fourth-order valence-electron chi connectivity index (χ4n) is 1.84. The smallest absolute Gasteiger partial charge is 0.226 e. The lowest BCUT2D eigenvalue weighted by molar-refractivity contribution is 0.447. The highest BCUT2D eigenvalue weighted by Crippen LogP contribution is 2.25. The maximum Gasteiger partial charge on any atom is 0.226 e. The molecule has 0 amide bonds. The van der Waals surface area contributed by atoms with Crippen LogP contribution in [0.2, 0.25) is 0 Å². The molecule has 5 heteroatoms. The van der Waals surface area contributed by atoms with E-state index in [1.54, 1.807) is 11.3 Å². The van der Waals surface area contributed by atoms with Crippen LogP contribution in [0.3, 0.4) is 0 Å². The van der Waals surface area contributed by atoms with Crippen LogP contribution in [0.1, 0.15) is 6.42 Å². The predicted molar refractivity (Wildman–Crippen MR) is 62.2 cm³/mol. The molecule has 1 aliphatic rings. The number of nitrogens with two attached hydrogens (primary N) is 1. The zero-order chi connectivity index (χ0) is 10.3. The first-order chi connectivity index (χ1) is 7.38. The third kappa shape index (κ3) is 1.39. The minimum absolute atomic E-state index is 0.432. The standard InChI is InChI=1S/C10H12N4S/c11-5-7-1-3-14(7)10-12-6-9-8(13-10)2-4-15-9/h2,4,6-7H,1,3,5,11H2. The Kier molecular flexibility index (Phi) is 2.07. The number of hydrogen-bond acceptors (Lipinski definition) is 5. The molecule has 3 heterocycles. The predicted octanol–water partition coefficient (Wildman–Crippen LogP) is 1.23. The number of nitrogens with zero attached hydrogens (tertiary/aromatic N) is 3. The van der Waals surface area contributed by atoms with E-state index in [-0.39, 0.29) is 0 Å². The summed E-state index contributed by atoms with van der Waals surface area (Å²) >= 11 is 1.67. The average molecular weight is 220 g/mol. The van der Waals surface area contributed by atoms with Gasteiger partial charge in [-0.1, -0.05) is 0 Å². The number of rotatable bonds is 2. The molecule has 0 aliphatic carbocycles. The molecule has 1 fully saturated rings. The van der Waals surface area contributed by atoms with Crippen molar-refractivity contribution in [2.45, 2.75) is 12.5 Å². The summed E-state index contributed by atoms with van der Waals surface area (Å²) in [6.45, 7) is 1.71. The highest BCUT2D eigenvalue weighted by molar-refractivity contribution is 7.17. The van der Waals surface area contributed by atoms with Gasteiger partial charge in [-0.25, -0.2) is 9.97 Å². The molecule has 0 aromatic carbocycles. The molecular weight excluding hydrogens is 208 g/mol. The quantitative estimate of drug-likeness (QED) is 0.827. The summed E-state index contributed by atoms with van der Waals surface area (Å²) in [5.74, 6) is 0.822. The van der Waals surface area contributed by atoms with Crippen molar-refractivity contribution in [3.05, 3.63) is 17.6 Å². The Hall–Kier alpha value is -1.20. The molecule has 0 bridgehead atoms. The first-order valence-electron chi connectivity index (χ1n) is 5.05. The maximum atomic E-state index is 5.66. The molecule has 2 aromatic heterocycles. The monoisotopic (exact) mass is 220 g/mol. The molecule has 78 valence electrons. The summed E-state index contributed by atoms with van der Waals surface area (Å²) in [5, 5.41) is 2.04. The van der Waals surface area contributed by atoms with E-state index in [9.17, 15) is 0 Å². The molecule has 1 saturated heterocycles. The number of hydrogen-bond donors (Lipinski definition) is 1. The third-order valence-electron chi connectivity index (χ3n) is 2.86. The van der Waals surface area contributed by atoms with Gasteiger partial charge in [0.05, 0.1) is 16.4 Å². The van der Waals surface area contributed by atoms with Crippen LogP contribution in [0.25, 0.3) is 10.2 Å². The van der Waals surface area contributed by atoms with E-state index < -0.39 is 0 Å². The summed E-state index contributed by atoms with van der Waals surface area (Å²) in [4.78, 5) is 11.1. The van der Waals surface area contributed by atoms with Crippen molar-refractivity contribution in [3.63, 3.8) is 0 Å². The second-order valence-electron chi connectivity index (χ2n) is 3.71. The van der Waals surface area contributed by atoms with E-state index in [2.05, 4.69) is 14.9 Å². The normalized spacial score (nSPS) is 20.6. The number of aromatic nitrogens is 2. The van der Waals surface area contributed by atoms with Gasteiger partial charge in [0, 0.05) is 19.1 Å². The fourth-order valence-corrected chi connectivity index (χ4v) is 2.54. The van der Waals surface area contributed by atoms with Gasteiger partial charge in [0.1, 0.15) is 0 Å². The summed E-state index contributed by atoms with van der Waals surface area (Å²) in [5.41, 5.74) is 6.69. The lowest BCUT2D eigenvalue weighted by Crippen LogP contribution is -2.52. The molecule has 0 spiro atoms. The lowest BCUT2D eigenvalue weighted by atomic mass is 10.0. The van der Waals surface area contributed by atoms with Crippen LogP contribution in [-0.2, 0) is 0 Å². The molecule has 3 rings (SSSR count). The topological polar surface area (TPSA) is 55.0 Å². The van der Waals surface area contributed by atoms with Crippen LogP contribution in [0.15, 0.2) is 17.6 Å². The van der Waals surface area contributed by atoms with E-state index in [0.29, 0.717) is 12.6 Å². The molecule has 1 atom stereocenters. The SMILES string of the molecule is NCC1CCN1c1ncc2sccc2n1. The Labute approximate surface area is 91.7 Å². The molecule has 0 radical (unpaired) electrons. The lowest BCUT2D eigenvalue weighted by Gasteiger charge is -2.40. The van der Waals surface area contributed by atoms with Crippen LogP contribution in [-0.4, -0.2) is 29.1 Å². The summed E-state index contributed by atoms with van der Waals surface area (Å²) in [6.07, 6.45) is 3.05. The Morgan fingerprint density at radius 1 is 1.60 bits per heavy atom. The fraction of sp³-hybridized carbons (Fsp3) is 0.400. The van der Waals surface area contributed by atoms with Crippen LogP contribution in [0.5, 0.6) is 0 Å². The Bertz CT molecular complexity index is 479. The highest BCUT2D eigenvalue weighted by atomic mass is 32.1. The van der Waals surface area contributed by atoms with Crippen LogP contribution in [0, 0.1) is 0 Å². The van der Waals surface area contributed by atoms with Crippen molar-refractivity contribution in [3.8, 4) is 0 Å². The Balaban J connectivity index is 1.97. The highest BCUT2D eigenvalue weighted by Gasteiger charge is 2.28. The summed E-state index contributed by atoms with van der Waals surface area (Å²) < 4.78 is 1.14. The van der Waals surface area contributed by atoms with Gasteiger partial charge in [-0.15, -0.1) is 11.3 Å². The molecule has 0 saturated carbocycles. The first kappa shape index (κ1) is 9.06. The van der Waals surface area contributed by atoms with Gasteiger partial charge in [0.2, 0.25) is 5.95 Å². The first-order valence-corrected chi connectivity index (χ1v) is 5.93. The van der Waals surface area contributed by atoms with Gasteiger partial charge in [-0.3, -0.25) is 0 Å². The number of thiophene rings is 1. The van der Waals surface area contributed by atoms with Crippen LogP contribution in [0.4, 0.5) is 5.95 Å². The summed E-state index contributed by atoms with van der Waals surface area (Å²) in [6, 6.07) is 2.46. The van der Waals surface area contributed by atoms with Gasteiger partial charge in [-0.2, -0.15) is 0 Å².